The van der Waals surface area contributed by atoms with Gasteiger partial charge in [-0.05, 0) is 70.2 Å². The summed E-state index contributed by atoms with van der Waals surface area (Å²) in [6, 6.07) is 6.68. The first-order chi connectivity index (χ1) is 17.8. The molecule has 37 heavy (non-hydrogen) atoms. The third-order valence-electron chi connectivity index (χ3n) is 7.62. The fraction of sp³-hybridized carbons (Fsp3) is 0.484. The van der Waals surface area contributed by atoms with E-state index in [1.54, 1.807) is 0 Å². The number of aryl methyl sites for hydroxylation is 3. The summed E-state index contributed by atoms with van der Waals surface area (Å²) in [5.41, 5.74) is 13.9. The molecule has 1 fully saturated rings. The average Bonchev–Trinajstić information content (AvgIpc) is 3.04. The summed E-state index contributed by atoms with van der Waals surface area (Å²) >= 11 is 0. The van der Waals surface area contributed by atoms with Crippen LogP contribution in [-0.4, -0.2) is 53.6 Å². The summed E-state index contributed by atoms with van der Waals surface area (Å²) in [6.45, 7) is 17.9. The highest BCUT2D eigenvalue weighted by Gasteiger charge is 2.28. The van der Waals surface area contributed by atoms with Crippen molar-refractivity contribution in [3.05, 3.63) is 75.7 Å². The van der Waals surface area contributed by atoms with E-state index in [4.69, 9.17) is 20.4 Å². The van der Waals surface area contributed by atoms with Gasteiger partial charge in [0, 0.05) is 44.3 Å². The fourth-order valence-electron chi connectivity index (χ4n) is 5.38. The Morgan fingerprint density at radius 1 is 1.08 bits per heavy atom. The van der Waals surface area contributed by atoms with E-state index >= 15 is 0 Å². The van der Waals surface area contributed by atoms with Gasteiger partial charge in [-0.15, -0.1) is 0 Å². The monoisotopic (exact) mass is 501 g/mol. The summed E-state index contributed by atoms with van der Waals surface area (Å²) in [6.07, 6.45) is 8.60. The smallest absolute Gasteiger partial charge is 0.162 e. The topological polar surface area (TPSA) is 67.5 Å². The standard InChI is InChI=1S/C31H43N5O/c1-7-26-13-9-10-21(2)28(18-26)37-20-27-25(6)33-30(29-22(3)11-8-12-23(29)4)34-31(27)36-17-16-35(15-14-32)19-24(36)5/h8-12,18,24H,7,13-17,19-20,32H2,1-6H3. The van der Waals surface area contributed by atoms with Gasteiger partial charge in [0.15, 0.2) is 5.82 Å². The van der Waals surface area contributed by atoms with E-state index < -0.39 is 0 Å². The minimum atomic E-state index is 0.313. The van der Waals surface area contributed by atoms with E-state index in [2.05, 4.69) is 87.8 Å². The number of hydrogen-bond acceptors (Lipinski definition) is 6. The number of nitrogens with zero attached hydrogens (tertiary/aromatic N) is 4. The first-order valence-corrected chi connectivity index (χ1v) is 13.6. The molecule has 198 valence electrons. The SMILES string of the molecule is CCC1=CC(OCc2c(C)nc(-c3c(C)cccc3C)nc2N2CCN(CCN)CC2C)=C(C)C=CC1. The quantitative estimate of drug-likeness (QED) is 0.506. The maximum atomic E-state index is 6.51. The third kappa shape index (κ3) is 6.13. The summed E-state index contributed by atoms with van der Waals surface area (Å²) in [7, 11) is 0. The van der Waals surface area contributed by atoms with Crippen molar-refractivity contribution in [2.24, 2.45) is 5.73 Å². The molecule has 1 atom stereocenters. The van der Waals surface area contributed by atoms with Crippen LogP contribution in [0.1, 0.15) is 56.0 Å². The van der Waals surface area contributed by atoms with Crippen molar-refractivity contribution in [1.82, 2.24) is 14.9 Å². The average molecular weight is 502 g/mol. The minimum absolute atomic E-state index is 0.313. The lowest BCUT2D eigenvalue weighted by molar-refractivity contribution is 0.205. The number of anilines is 1. The van der Waals surface area contributed by atoms with Crippen LogP contribution in [0.3, 0.4) is 0 Å². The predicted molar refractivity (Wildman–Crippen MR) is 154 cm³/mol. The molecule has 0 bridgehead atoms. The zero-order valence-electron chi connectivity index (χ0n) is 23.5. The molecule has 0 spiro atoms. The lowest BCUT2D eigenvalue weighted by Crippen LogP contribution is -2.53. The van der Waals surface area contributed by atoms with Gasteiger partial charge in [0.1, 0.15) is 18.2 Å². The Kier molecular flexibility index (Phi) is 8.83. The largest absolute Gasteiger partial charge is 0.488 e. The van der Waals surface area contributed by atoms with Gasteiger partial charge in [0.05, 0.1) is 11.3 Å². The fourth-order valence-corrected chi connectivity index (χ4v) is 5.38. The Labute approximate surface area is 222 Å². The molecule has 6 heteroatoms. The second kappa shape index (κ2) is 12.1. The molecule has 0 saturated carbocycles. The highest BCUT2D eigenvalue weighted by molar-refractivity contribution is 5.67. The van der Waals surface area contributed by atoms with Crippen molar-refractivity contribution < 1.29 is 4.74 Å². The van der Waals surface area contributed by atoms with Crippen molar-refractivity contribution in [2.45, 2.75) is 67.0 Å². The van der Waals surface area contributed by atoms with E-state index in [1.807, 2.05) is 0 Å². The summed E-state index contributed by atoms with van der Waals surface area (Å²) in [5.74, 6) is 2.73. The van der Waals surface area contributed by atoms with E-state index in [1.165, 1.54) is 16.7 Å². The van der Waals surface area contributed by atoms with Crippen molar-refractivity contribution in [2.75, 3.05) is 37.6 Å². The number of benzene rings is 1. The molecule has 2 aliphatic rings. The Bertz CT molecular complexity index is 1190. The van der Waals surface area contributed by atoms with Gasteiger partial charge in [0.2, 0.25) is 0 Å². The van der Waals surface area contributed by atoms with Crippen molar-refractivity contribution in [1.29, 1.82) is 0 Å². The van der Waals surface area contributed by atoms with Gasteiger partial charge in [-0.3, -0.25) is 4.90 Å². The highest BCUT2D eigenvalue weighted by atomic mass is 16.5. The maximum absolute atomic E-state index is 6.51. The highest BCUT2D eigenvalue weighted by Crippen LogP contribution is 2.32. The molecular formula is C31H43N5O. The third-order valence-corrected chi connectivity index (χ3v) is 7.62. The molecular weight excluding hydrogens is 458 g/mol. The van der Waals surface area contributed by atoms with Gasteiger partial charge in [-0.1, -0.05) is 42.8 Å². The predicted octanol–water partition coefficient (Wildman–Crippen LogP) is 5.62. The summed E-state index contributed by atoms with van der Waals surface area (Å²) in [5, 5.41) is 0. The van der Waals surface area contributed by atoms with Crippen LogP contribution >= 0.6 is 0 Å². The maximum Gasteiger partial charge on any atom is 0.162 e. The van der Waals surface area contributed by atoms with Gasteiger partial charge in [-0.25, -0.2) is 9.97 Å². The summed E-state index contributed by atoms with van der Waals surface area (Å²) in [4.78, 5) is 15.2. The van der Waals surface area contributed by atoms with Gasteiger partial charge in [-0.2, -0.15) is 0 Å². The number of rotatable bonds is 8. The first kappa shape index (κ1) is 27.1. The minimum Gasteiger partial charge on any atom is -0.488 e. The number of allylic oxidation sites excluding steroid dienone is 5. The summed E-state index contributed by atoms with van der Waals surface area (Å²) < 4.78 is 6.51. The molecule has 2 N–H and O–H groups in total. The molecule has 1 aliphatic heterocycles. The number of aromatic nitrogens is 2. The van der Waals surface area contributed by atoms with E-state index in [-0.39, 0.29) is 0 Å². The molecule has 1 saturated heterocycles. The van der Waals surface area contributed by atoms with E-state index in [0.29, 0.717) is 19.2 Å². The lowest BCUT2D eigenvalue weighted by Gasteiger charge is -2.41. The number of nitrogens with two attached hydrogens (primary N) is 1. The van der Waals surface area contributed by atoms with Gasteiger partial charge >= 0.3 is 0 Å². The van der Waals surface area contributed by atoms with Gasteiger partial charge < -0.3 is 15.4 Å². The molecule has 1 aromatic heterocycles. The van der Waals surface area contributed by atoms with Crippen LogP contribution in [-0.2, 0) is 11.3 Å². The molecule has 0 radical (unpaired) electrons. The molecule has 1 unspecified atom stereocenters. The Morgan fingerprint density at radius 2 is 1.84 bits per heavy atom. The number of ether oxygens (including phenoxy) is 1. The van der Waals surface area contributed by atoms with Crippen LogP contribution in [0, 0.1) is 20.8 Å². The molecule has 1 aromatic carbocycles. The van der Waals surface area contributed by atoms with Crippen LogP contribution in [0.15, 0.2) is 53.3 Å². The number of hydrogen-bond donors (Lipinski definition) is 1. The second-order valence-corrected chi connectivity index (χ2v) is 10.4. The van der Waals surface area contributed by atoms with Crippen molar-refractivity contribution in [3.8, 4) is 11.4 Å². The van der Waals surface area contributed by atoms with Crippen LogP contribution in [0.25, 0.3) is 11.4 Å². The zero-order chi connectivity index (χ0) is 26.5. The van der Waals surface area contributed by atoms with Crippen LogP contribution in [0.5, 0.6) is 0 Å². The second-order valence-electron chi connectivity index (χ2n) is 10.4. The normalized spacial score (nSPS) is 18.7. The Balaban J connectivity index is 1.74. The first-order valence-electron chi connectivity index (χ1n) is 13.6. The molecule has 1 aliphatic carbocycles. The van der Waals surface area contributed by atoms with E-state index in [9.17, 15) is 0 Å². The molecule has 6 nitrogen and oxygen atoms in total. The van der Waals surface area contributed by atoms with Crippen LogP contribution in [0.2, 0.25) is 0 Å². The van der Waals surface area contributed by atoms with Crippen molar-refractivity contribution >= 4 is 5.82 Å². The van der Waals surface area contributed by atoms with Gasteiger partial charge in [0.25, 0.3) is 0 Å². The molecule has 2 aromatic rings. The van der Waals surface area contributed by atoms with Crippen LogP contribution in [0.4, 0.5) is 5.82 Å². The van der Waals surface area contributed by atoms with Crippen LogP contribution < -0.4 is 10.6 Å². The zero-order valence-corrected chi connectivity index (χ0v) is 23.5. The number of piperazine rings is 1. The van der Waals surface area contributed by atoms with E-state index in [0.717, 1.165) is 78.8 Å². The molecule has 4 rings (SSSR count). The lowest BCUT2D eigenvalue weighted by atomic mass is 10.0. The Hall–Kier alpha value is -2.96. The molecule has 0 amide bonds. The van der Waals surface area contributed by atoms with Crippen molar-refractivity contribution in [3.63, 3.8) is 0 Å². The Morgan fingerprint density at radius 3 is 2.51 bits per heavy atom. The molecule has 2 heterocycles.